The summed E-state index contributed by atoms with van der Waals surface area (Å²) in [7, 11) is 1.70. The molecule has 2 rings (SSSR count). The number of aliphatic imine (C=N–C) groups is 1. The van der Waals surface area contributed by atoms with Crippen LogP contribution in [0.4, 0.5) is 0 Å². The van der Waals surface area contributed by atoms with Crippen molar-refractivity contribution in [1.29, 1.82) is 0 Å². The Morgan fingerprint density at radius 3 is 2.75 bits per heavy atom. The molecule has 2 heterocycles. The summed E-state index contributed by atoms with van der Waals surface area (Å²) in [5.74, 6) is 0.753. The van der Waals surface area contributed by atoms with Gasteiger partial charge in [-0.25, -0.2) is 4.98 Å². The van der Waals surface area contributed by atoms with Crippen molar-refractivity contribution in [3.05, 3.63) is 40.2 Å². The van der Waals surface area contributed by atoms with E-state index in [0.717, 1.165) is 11.4 Å². The van der Waals surface area contributed by atoms with E-state index in [0.29, 0.717) is 31.4 Å². The highest BCUT2D eigenvalue weighted by atomic mass is 127. The second-order valence-electron chi connectivity index (χ2n) is 4.66. The molecule has 2 aromatic rings. The van der Waals surface area contributed by atoms with Gasteiger partial charge in [0.25, 0.3) is 5.91 Å². The third-order valence-corrected chi connectivity index (χ3v) is 4.17. The molecule has 1 amide bonds. The van der Waals surface area contributed by atoms with Crippen LogP contribution in [0, 0.1) is 0 Å². The van der Waals surface area contributed by atoms with Gasteiger partial charge in [0.1, 0.15) is 5.01 Å². The number of carbonyl (C=O) groups is 1. The smallest absolute Gasteiger partial charge is 0.287 e. The van der Waals surface area contributed by atoms with E-state index in [1.54, 1.807) is 30.5 Å². The molecule has 7 nitrogen and oxygen atoms in total. The van der Waals surface area contributed by atoms with Crippen LogP contribution in [0.3, 0.4) is 0 Å². The summed E-state index contributed by atoms with van der Waals surface area (Å²) >= 11 is 1.69. The third kappa shape index (κ3) is 6.48. The Morgan fingerprint density at radius 1 is 1.33 bits per heavy atom. The Morgan fingerprint density at radius 2 is 2.12 bits per heavy atom. The number of nitrogens with zero attached hydrogens (tertiary/aromatic N) is 2. The first-order valence-corrected chi connectivity index (χ1v) is 8.24. The molecule has 0 spiro atoms. The zero-order chi connectivity index (χ0) is 16.5. The zero-order valence-corrected chi connectivity index (χ0v) is 16.8. The van der Waals surface area contributed by atoms with Gasteiger partial charge in [-0.2, -0.15) is 0 Å². The van der Waals surface area contributed by atoms with Crippen LogP contribution in [-0.2, 0) is 13.0 Å². The molecular weight excluding hydrogens is 441 g/mol. The summed E-state index contributed by atoms with van der Waals surface area (Å²) < 4.78 is 5.02. The Kier molecular flexibility index (Phi) is 9.38. The average molecular weight is 463 g/mol. The van der Waals surface area contributed by atoms with E-state index in [1.165, 1.54) is 11.1 Å². The van der Waals surface area contributed by atoms with Gasteiger partial charge in [-0.05, 0) is 18.6 Å². The maximum atomic E-state index is 11.7. The third-order valence-electron chi connectivity index (χ3n) is 3.03. The lowest BCUT2D eigenvalue weighted by atomic mass is 10.4. The summed E-state index contributed by atoms with van der Waals surface area (Å²) in [4.78, 5) is 21.4. The van der Waals surface area contributed by atoms with Gasteiger partial charge in [-0.3, -0.25) is 9.79 Å². The largest absolute Gasteiger partial charge is 0.459 e. The van der Waals surface area contributed by atoms with Crippen molar-refractivity contribution in [2.24, 2.45) is 4.99 Å². The molecule has 3 N–H and O–H groups in total. The normalized spacial score (nSPS) is 10.8. The number of amides is 1. The average Bonchev–Trinajstić information content (AvgIpc) is 3.25. The second kappa shape index (κ2) is 11.0. The number of rotatable bonds is 7. The van der Waals surface area contributed by atoms with Crippen molar-refractivity contribution in [1.82, 2.24) is 20.9 Å². The fourth-order valence-corrected chi connectivity index (χ4v) is 2.63. The van der Waals surface area contributed by atoms with E-state index in [4.69, 9.17) is 4.42 Å². The van der Waals surface area contributed by atoms with Crippen molar-refractivity contribution in [2.75, 3.05) is 20.1 Å². The fraction of sp³-hybridized carbons (Fsp3) is 0.400. The van der Waals surface area contributed by atoms with E-state index in [-0.39, 0.29) is 29.9 Å². The molecule has 132 valence electrons. The molecule has 0 aliphatic rings. The maximum Gasteiger partial charge on any atom is 0.287 e. The van der Waals surface area contributed by atoms with Gasteiger partial charge in [0.2, 0.25) is 0 Å². The first kappa shape index (κ1) is 20.4. The zero-order valence-electron chi connectivity index (χ0n) is 13.7. The summed E-state index contributed by atoms with van der Waals surface area (Å²) in [5.41, 5.74) is 0. The van der Waals surface area contributed by atoms with Gasteiger partial charge >= 0.3 is 0 Å². The van der Waals surface area contributed by atoms with E-state index in [1.807, 2.05) is 6.20 Å². The van der Waals surface area contributed by atoms with Gasteiger partial charge in [0.05, 0.1) is 12.8 Å². The molecule has 0 aromatic carbocycles. The minimum absolute atomic E-state index is 0. The maximum absolute atomic E-state index is 11.7. The van der Waals surface area contributed by atoms with Crippen molar-refractivity contribution in [3.63, 3.8) is 0 Å². The van der Waals surface area contributed by atoms with Crippen LogP contribution >= 0.6 is 35.3 Å². The summed E-state index contributed by atoms with van der Waals surface area (Å²) in [6.45, 7) is 3.77. The number of furan rings is 1. The number of hydrogen-bond donors (Lipinski definition) is 3. The molecule has 0 unspecified atom stereocenters. The lowest BCUT2D eigenvalue weighted by Crippen LogP contribution is -2.41. The molecule has 2 aromatic heterocycles. The minimum atomic E-state index is -0.227. The van der Waals surface area contributed by atoms with Gasteiger partial charge in [0, 0.05) is 31.2 Å². The number of carbonyl (C=O) groups excluding carboxylic acids is 1. The quantitative estimate of drug-likeness (QED) is 0.253. The molecule has 0 saturated heterocycles. The first-order valence-electron chi connectivity index (χ1n) is 7.42. The van der Waals surface area contributed by atoms with E-state index < -0.39 is 0 Å². The van der Waals surface area contributed by atoms with Crippen molar-refractivity contribution in [3.8, 4) is 0 Å². The number of halogens is 1. The Balaban J connectivity index is 0.00000288. The molecule has 0 aliphatic carbocycles. The molecule has 0 saturated carbocycles. The lowest BCUT2D eigenvalue weighted by molar-refractivity contribution is 0.0926. The van der Waals surface area contributed by atoms with Gasteiger partial charge in [-0.15, -0.1) is 35.3 Å². The highest BCUT2D eigenvalue weighted by Gasteiger charge is 2.07. The van der Waals surface area contributed by atoms with Crippen molar-refractivity contribution < 1.29 is 9.21 Å². The van der Waals surface area contributed by atoms with Crippen LogP contribution in [0.1, 0.15) is 27.4 Å². The minimum Gasteiger partial charge on any atom is -0.459 e. The van der Waals surface area contributed by atoms with Crippen LogP contribution in [0.2, 0.25) is 0 Å². The number of aromatic nitrogens is 1. The predicted molar refractivity (Wildman–Crippen MR) is 106 cm³/mol. The van der Waals surface area contributed by atoms with Crippen LogP contribution in [0.5, 0.6) is 0 Å². The molecule has 24 heavy (non-hydrogen) atoms. The summed E-state index contributed by atoms with van der Waals surface area (Å²) in [5, 5.41) is 10.1. The second-order valence-corrected chi connectivity index (χ2v) is 5.86. The van der Waals surface area contributed by atoms with Crippen LogP contribution in [0.15, 0.2) is 34.0 Å². The summed E-state index contributed by atoms with van der Waals surface area (Å²) in [6.07, 6.45) is 4.38. The number of hydrogen-bond acceptors (Lipinski definition) is 5. The number of aryl methyl sites for hydroxylation is 1. The Hall–Kier alpha value is -1.62. The van der Waals surface area contributed by atoms with Crippen molar-refractivity contribution in [2.45, 2.75) is 19.9 Å². The Bertz CT molecular complexity index is 642. The van der Waals surface area contributed by atoms with E-state index in [2.05, 4.69) is 32.9 Å². The number of guanidine groups is 1. The molecule has 9 heteroatoms. The Labute approximate surface area is 162 Å². The highest BCUT2D eigenvalue weighted by Crippen LogP contribution is 2.12. The van der Waals surface area contributed by atoms with Crippen molar-refractivity contribution >= 4 is 47.2 Å². The monoisotopic (exact) mass is 463 g/mol. The standard InChI is InChI=1S/C15H21N5O2S.HI/c1-3-11-9-19-13(23-11)10-20-15(16-2)18-7-6-17-14(21)12-5-4-8-22-12;/h4-5,8-9H,3,6-7,10H2,1-2H3,(H,17,21)(H2,16,18,20);1H. The van der Waals surface area contributed by atoms with E-state index in [9.17, 15) is 4.79 Å². The predicted octanol–water partition coefficient (Wildman–Crippen LogP) is 2.01. The topological polar surface area (TPSA) is 91.5 Å². The SMILES string of the molecule is CCc1cnc(CNC(=NC)NCCNC(=O)c2ccco2)s1.I. The number of nitrogens with one attached hydrogen (secondary N) is 3. The molecule has 0 aliphatic heterocycles. The van der Waals surface area contributed by atoms with Crippen LogP contribution in [0.25, 0.3) is 0 Å². The molecule has 0 fully saturated rings. The molecule has 0 atom stereocenters. The molecular formula is C15H22IN5O2S. The lowest BCUT2D eigenvalue weighted by Gasteiger charge is -2.11. The fourth-order valence-electron chi connectivity index (χ4n) is 1.82. The van der Waals surface area contributed by atoms with Gasteiger partial charge in [-0.1, -0.05) is 6.92 Å². The summed E-state index contributed by atoms with van der Waals surface area (Å²) in [6, 6.07) is 3.31. The van der Waals surface area contributed by atoms with E-state index >= 15 is 0 Å². The highest BCUT2D eigenvalue weighted by molar-refractivity contribution is 14.0. The van der Waals surface area contributed by atoms with Gasteiger partial charge in [0.15, 0.2) is 11.7 Å². The number of thiazole rings is 1. The first-order chi connectivity index (χ1) is 11.2. The van der Waals surface area contributed by atoms with Gasteiger partial charge < -0.3 is 20.4 Å². The molecule has 0 radical (unpaired) electrons. The van der Waals surface area contributed by atoms with Crippen LogP contribution in [-0.4, -0.2) is 37.0 Å². The van der Waals surface area contributed by atoms with Crippen LogP contribution < -0.4 is 16.0 Å². The molecule has 0 bridgehead atoms.